The molecule has 2 aromatic carbocycles. The average molecular weight is 318 g/mol. The smallest absolute Gasteiger partial charge is 0.127 e. The van der Waals surface area contributed by atoms with Gasteiger partial charge in [-0.25, -0.2) is 0 Å². The van der Waals surface area contributed by atoms with Gasteiger partial charge in [-0.05, 0) is 23.6 Å². The molecule has 0 aliphatic rings. The summed E-state index contributed by atoms with van der Waals surface area (Å²) in [6.45, 7) is 2.28. The summed E-state index contributed by atoms with van der Waals surface area (Å²) in [6.07, 6.45) is 0. The van der Waals surface area contributed by atoms with Crippen molar-refractivity contribution in [2.75, 3.05) is 13.2 Å². The summed E-state index contributed by atoms with van der Waals surface area (Å²) >= 11 is 7.51. The van der Waals surface area contributed by atoms with Gasteiger partial charge in [0.25, 0.3) is 0 Å². The summed E-state index contributed by atoms with van der Waals surface area (Å²) in [5, 5.41) is 5.72. The van der Waals surface area contributed by atoms with Crippen LogP contribution in [0.4, 0.5) is 0 Å². The van der Waals surface area contributed by atoms with Crippen LogP contribution in [0.5, 0.6) is 5.75 Å². The number of ether oxygens (including phenoxy) is 1. The number of fused-ring (bicyclic) bond motifs is 1. The zero-order valence-corrected chi connectivity index (χ0v) is 13.1. The molecule has 1 aromatic heterocycles. The van der Waals surface area contributed by atoms with E-state index in [0.717, 1.165) is 28.6 Å². The first-order valence-corrected chi connectivity index (χ1v) is 8.08. The Balaban J connectivity index is 1.50. The van der Waals surface area contributed by atoms with Crippen LogP contribution < -0.4 is 10.1 Å². The maximum Gasteiger partial charge on any atom is 0.127 e. The molecule has 3 aromatic rings. The van der Waals surface area contributed by atoms with Gasteiger partial charge in [0, 0.05) is 23.4 Å². The van der Waals surface area contributed by atoms with Crippen molar-refractivity contribution in [1.29, 1.82) is 0 Å². The van der Waals surface area contributed by atoms with Crippen molar-refractivity contribution in [3.05, 3.63) is 63.8 Å². The number of halogens is 1. The first kappa shape index (κ1) is 14.4. The number of nitrogens with one attached hydrogen (secondary N) is 1. The van der Waals surface area contributed by atoms with Crippen LogP contribution in [0, 0.1) is 0 Å². The Bertz CT molecular complexity index is 720. The molecule has 0 aliphatic carbocycles. The van der Waals surface area contributed by atoms with Gasteiger partial charge < -0.3 is 10.1 Å². The lowest BCUT2D eigenvalue weighted by molar-refractivity contribution is 0.317. The molecule has 0 radical (unpaired) electrons. The second kappa shape index (κ2) is 6.94. The van der Waals surface area contributed by atoms with Gasteiger partial charge in [0.05, 0.1) is 4.34 Å². The molecular formula is C17H16ClNOS. The normalized spacial score (nSPS) is 10.9. The molecule has 21 heavy (non-hydrogen) atoms. The molecule has 0 spiro atoms. The van der Waals surface area contributed by atoms with Crippen molar-refractivity contribution < 1.29 is 4.74 Å². The summed E-state index contributed by atoms with van der Waals surface area (Å²) < 4.78 is 6.71. The van der Waals surface area contributed by atoms with Crippen LogP contribution in [-0.2, 0) is 6.54 Å². The molecule has 0 unspecified atom stereocenters. The highest BCUT2D eigenvalue weighted by atomic mass is 35.5. The lowest BCUT2D eigenvalue weighted by atomic mass is 10.1. The van der Waals surface area contributed by atoms with Gasteiger partial charge in [-0.15, -0.1) is 11.3 Å². The van der Waals surface area contributed by atoms with Crippen LogP contribution in [0.25, 0.3) is 10.8 Å². The van der Waals surface area contributed by atoms with E-state index in [0.29, 0.717) is 6.61 Å². The molecule has 2 nitrogen and oxygen atoms in total. The van der Waals surface area contributed by atoms with Crippen LogP contribution in [0.1, 0.15) is 4.88 Å². The van der Waals surface area contributed by atoms with Crippen molar-refractivity contribution in [2.24, 2.45) is 0 Å². The molecule has 3 rings (SSSR count). The Hall–Kier alpha value is -1.55. The predicted octanol–water partition coefficient (Wildman–Crippen LogP) is 4.72. The third kappa shape index (κ3) is 3.76. The highest BCUT2D eigenvalue weighted by Gasteiger charge is 2.01. The molecule has 1 heterocycles. The maximum absolute atomic E-state index is 5.90. The largest absolute Gasteiger partial charge is 0.492 e. The standard InChI is InChI=1S/C17H16ClNOS/c18-17-9-8-14(21-17)12-19-10-11-20-16-7-3-5-13-4-1-2-6-15(13)16/h1-9,19H,10-12H2. The van der Waals surface area contributed by atoms with E-state index < -0.39 is 0 Å². The Morgan fingerprint density at radius 1 is 1.00 bits per heavy atom. The van der Waals surface area contributed by atoms with E-state index in [1.807, 2.05) is 36.4 Å². The monoisotopic (exact) mass is 317 g/mol. The third-order valence-corrected chi connectivity index (χ3v) is 4.45. The number of benzene rings is 2. The molecule has 0 saturated carbocycles. The minimum absolute atomic E-state index is 0.646. The van der Waals surface area contributed by atoms with E-state index in [-0.39, 0.29) is 0 Å². The molecule has 108 valence electrons. The average Bonchev–Trinajstić information content (AvgIpc) is 2.92. The van der Waals surface area contributed by atoms with E-state index in [1.165, 1.54) is 10.3 Å². The molecule has 0 aliphatic heterocycles. The molecule has 0 fully saturated rings. The minimum atomic E-state index is 0.646. The highest BCUT2D eigenvalue weighted by molar-refractivity contribution is 7.16. The molecule has 0 amide bonds. The maximum atomic E-state index is 5.90. The van der Waals surface area contributed by atoms with Crippen LogP contribution in [-0.4, -0.2) is 13.2 Å². The fraction of sp³-hybridized carbons (Fsp3) is 0.176. The van der Waals surface area contributed by atoms with Crippen molar-refractivity contribution in [3.8, 4) is 5.75 Å². The Morgan fingerprint density at radius 3 is 2.71 bits per heavy atom. The van der Waals surface area contributed by atoms with Gasteiger partial charge >= 0.3 is 0 Å². The van der Waals surface area contributed by atoms with E-state index in [9.17, 15) is 0 Å². The van der Waals surface area contributed by atoms with E-state index in [1.54, 1.807) is 11.3 Å². The summed E-state index contributed by atoms with van der Waals surface area (Å²) in [5.74, 6) is 0.939. The number of rotatable bonds is 6. The molecule has 0 atom stereocenters. The van der Waals surface area contributed by atoms with Crippen LogP contribution >= 0.6 is 22.9 Å². The zero-order chi connectivity index (χ0) is 14.5. The van der Waals surface area contributed by atoms with Gasteiger partial charge in [0.2, 0.25) is 0 Å². The Kier molecular flexibility index (Phi) is 4.76. The second-order valence-corrected chi connectivity index (χ2v) is 6.51. The summed E-state index contributed by atoms with van der Waals surface area (Å²) in [6, 6.07) is 18.4. The van der Waals surface area contributed by atoms with Crippen molar-refractivity contribution in [1.82, 2.24) is 5.32 Å². The number of hydrogen-bond acceptors (Lipinski definition) is 3. The number of thiophene rings is 1. The molecule has 4 heteroatoms. The zero-order valence-electron chi connectivity index (χ0n) is 11.5. The molecular weight excluding hydrogens is 302 g/mol. The fourth-order valence-electron chi connectivity index (χ4n) is 2.21. The first-order chi connectivity index (χ1) is 10.3. The van der Waals surface area contributed by atoms with E-state index >= 15 is 0 Å². The van der Waals surface area contributed by atoms with Crippen molar-refractivity contribution >= 4 is 33.7 Å². The summed E-state index contributed by atoms with van der Waals surface area (Å²) in [4.78, 5) is 1.24. The van der Waals surface area contributed by atoms with Gasteiger partial charge in [0.15, 0.2) is 0 Å². The molecule has 0 bridgehead atoms. The van der Waals surface area contributed by atoms with E-state index in [2.05, 4.69) is 23.5 Å². The van der Waals surface area contributed by atoms with Gasteiger partial charge in [0.1, 0.15) is 12.4 Å². The summed E-state index contributed by atoms with van der Waals surface area (Å²) in [5.41, 5.74) is 0. The van der Waals surface area contributed by atoms with Gasteiger partial charge in [-0.3, -0.25) is 0 Å². The van der Waals surface area contributed by atoms with Crippen molar-refractivity contribution in [2.45, 2.75) is 6.54 Å². The topological polar surface area (TPSA) is 21.3 Å². The van der Waals surface area contributed by atoms with E-state index in [4.69, 9.17) is 16.3 Å². The third-order valence-electron chi connectivity index (χ3n) is 3.21. The lowest BCUT2D eigenvalue weighted by Crippen LogP contribution is -2.20. The lowest BCUT2D eigenvalue weighted by Gasteiger charge is -2.09. The predicted molar refractivity (Wildman–Crippen MR) is 90.5 cm³/mol. The fourth-order valence-corrected chi connectivity index (χ4v) is 3.27. The van der Waals surface area contributed by atoms with Crippen LogP contribution in [0.2, 0.25) is 4.34 Å². The van der Waals surface area contributed by atoms with Gasteiger partial charge in [-0.1, -0.05) is 48.0 Å². The van der Waals surface area contributed by atoms with Crippen LogP contribution in [0.15, 0.2) is 54.6 Å². The minimum Gasteiger partial charge on any atom is -0.492 e. The van der Waals surface area contributed by atoms with Gasteiger partial charge in [-0.2, -0.15) is 0 Å². The molecule has 0 saturated heterocycles. The Morgan fingerprint density at radius 2 is 1.86 bits per heavy atom. The second-order valence-electron chi connectivity index (χ2n) is 4.71. The SMILES string of the molecule is Clc1ccc(CNCCOc2cccc3ccccc23)s1. The number of hydrogen-bond donors (Lipinski definition) is 1. The summed E-state index contributed by atoms with van der Waals surface area (Å²) in [7, 11) is 0. The molecule has 1 N–H and O–H groups in total. The first-order valence-electron chi connectivity index (χ1n) is 6.88. The van der Waals surface area contributed by atoms with Crippen molar-refractivity contribution in [3.63, 3.8) is 0 Å². The van der Waals surface area contributed by atoms with Crippen LogP contribution in [0.3, 0.4) is 0 Å². The Labute approximate surface area is 133 Å². The highest BCUT2D eigenvalue weighted by Crippen LogP contribution is 2.25. The quantitative estimate of drug-likeness (QED) is 0.664.